The minimum Gasteiger partial charge on any atom is -0.495 e. The Morgan fingerprint density at radius 2 is 2.05 bits per heavy atom. The third-order valence-electron chi connectivity index (χ3n) is 2.45. The molecule has 0 saturated heterocycles. The van der Waals surface area contributed by atoms with E-state index in [-0.39, 0.29) is 11.3 Å². The molecule has 10 heteroatoms. The Morgan fingerprint density at radius 1 is 1.43 bits per heavy atom. The summed E-state index contributed by atoms with van der Waals surface area (Å²) in [6, 6.07) is 2.90. The van der Waals surface area contributed by atoms with Crippen molar-refractivity contribution in [1.29, 1.82) is 0 Å². The van der Waals surface area contributed by atoms with Crippen LogP contribution in [0.4, 0.5) is 8.78 Å². The maximum Gasteiger partial charge on any atom is 0.335 e. The first-order chi connectivity index (χ1) is 9.63. The zero-order valence-corrected chi connectivity index (χ0v) is 11.7. The number of aliphatic hydroxyl groups is 1. The molecule has 0 fully saturated rings. The normalized spacial score (nSPS) is 12.2. The van der Waals surface area contributed by atoms with Crippen LogP contribution < -0.4 is 9.46 Å². The molecular formula is C11H13F2NO6S. The molecule has 7 nitrogen and oxygen atoms in total. The minimum atomic E-state index is -4.35. The van der Waals surface area contributed by atoms with Crippen LogP contribution in [0.15, 0.2) is 23.1 Å². The number of ether oxygens (including phenoxy) is 1. The topological polar surface area (TPSA) is 113 Å². The lowest BCUT2D eigenvalue weighted by Crippen LogP contribution is -2.39. The molecule has 0 amide bonds. The molecule has 0 atom stereocenters. The molecule has 1 aromatic carbocycles. The quantitative estimate of drug-likeness (QED) is 0.664. The van der Waals surface area contributed by atoms with E-state index in [1.54, 1.807) is 4.72 Å². The fourth-order valence-corrected chi connectivity index (χ4v) is 2.57. The van der Waals surface area contributed by atoms with Gasteiger partial charge in [-0.25, -0.2) is 26.7 Å². The molecule has 0 bridgehead atoms. The van der Waals surface area contributed by atoms with Crippen molar-refractivity contribution in [1.82, 2.24) is 4.72 Å². The van der Waals surface area contributed by atoms with Gasteiger partial charge in [0.1, 0.15) is 17.3 Å². The first-order valence-corrected chi connectivity index (χ1v) is 7.01. The zero-order chi connectivity index (χ0) is 16.3. The Kier molecular flexibility index (Phi) is 5.20. The van der Waals surface area contributed by atoms with Crippen molar-refractivity contribution in [3.63, 3.8) is 0 Å². The average molecular weight is 325 g/mol. The highest BCUT2D eigenvalue weighted by molar-refractivity contribution is 7.89. The number of hydrogen-bond acceptors (Lipinski definition) is 5. The second-order valence-electron chi connectivity index (χ2n) is 4.01. The molecule has 1 aromatic rings. The van der Waals surface area contributed by atoms with Gasteiger partial charge in [0.25, 0.3) is 5.92 Å². The Balaban J connectivity index is 3.11. The number of nitrogens with one attached hydrogen (secondary N) is 1. The molecule has 0 aliphatic heterocycles. The fraction of sp³-hybridized carbons (Fsp3) is 0.364. The molecule has 0 spiro atoms. The maximum atomic E-state index is 12.9. The van der Waals surface area contributed by atoms with Crippen molar-refractivity contribution in [3.8, 4) is 5.75 Å². The summed E-state index contributed by atoms with van der Waals surface area (Å²) in [4.78, 5) is 10.3. The van der Waals surface area contributed by atoms with E-state index in [1.165, 1.54) is 0 Å². The molecule has 3 N–H and O–H groups in total. The van der Waals surface area contributed by atoms with E-state index in [0.717, 1.165) is 25.3 Å². The Morgan fingerprint density at radius 3 is 2.52 bits per heavy atom. The van der Waals surface area contributed by atoms with Crippen LogP contribution in [0.5, 0.6) is 5.75 Å². The number of rotatable bonds is 7. The number of halogens is 2. The Hall–Kier alpha value is -1.78. The van der Waals surface area contributed by atoms with Crippen molar-refractivity contribution in [2.75, 3.05) is 20.3 Å². The molecule has 0 aliphatic carbocycles. The van der Waals surface area contributed by atoms with Gasteiger partial charge in [0.15, 0.2) is 0 Å². The molecule has 21 heavy (non-hydrogen) atoms. The van der Waals surface area contributed by atoms with Crippen LogP contribution in [0.2, 0.25) is 0 Å². The summed E-state index contributed by atoms with van der Waals surface area (Å²) >= 11 is 0. The number of methoxy groups -OCH3 is 1. The van der Waals surface area contributed by atoms with Gasteiger partial charge in [-0.05, 0) is 18.2 Å². The van der Waals surface area contributed by atoms with Gasteiger partial charge in [-0.1, -0.05) is 0 Å². The van der Waals surface area contributed by atoms with Gasteiger partial charge in [0.2, 0.25) is 10.0 Å². The molecule has 0 saturated carbocycles. The molecule has 0 heterocycles. The van der Waals surface area contributed by atoms with Crippen LogP contribution in [0.3, 0.4) is 0 Å². The summed E-state index contributed by atoms with van der Waals surface area (Å²) in [7, 11) is -3.23. The van der Waals surface area contributed by atoms with Gasteiger partial charge < -0.3 is 14.9 Å². The summed E-state index contributed by atoms with van der Waals surface area (Å²) in [6.07, 6.45) is 0. The number of aromatic carboxylic acids is 1. The van der Waals surface area contributed by atoms with Gasteiger partial charge in [-0.2, -0.15) is 0 Å². The minimum absolute atomic E-state index is 0.216. The van der Waals surface area contributed by atoms with E-state index in [4.69, 9.17) is 14.9 Å². The van der Waals surface area contributed by atoms with Crippen LogP contribution in [0.1, 0.15) is 10.4 Å². The number of carbonyl (C=O) groups is 1. The summed E-state index contributed by atoms with van der Waals surface area (Å²) < 4.78 is 55.9. The smallest absolute Gasteiger partial charge is 0.335 e. The fourth-order valence-electron chi connectivity index (χ4n) is 1.36. The van der Waals surface area contributed by atoms with Gasteiger partial charge in [0.05, 0.1) is 19.2 Å². The van der Waals surface area contributed by atoms with E-state index in [9.17, 15) is 22.0 Å². The predicted molar refractivity (Wildman–Crippen MR) is 67.2 cm³/mol. The Bertz CT molecular complexity index is 632. The van der Waals surface area contributed by atoms with Gasteiger partial charge in [-0.15, -0.1) is 0 Å². The van der Waals surface area contributed by atoms with Crippen LogP contribution in [-0.2, 0) is 10.0 Å². The van der Waals surface area contributed by atoms with Gasteiger partial charge in [0, 0.05) is 0 Å². The number of hydrogen-bond donors (Lipinski definition) is 3. The highest BCUT2D eigenvalue weighted by Gasteiger charge is 2.31. The number of alkyl halides is 2. The Labute approximate surface area is 119 Å². The second kappa shape index (κ2) is 6.33. The number of aliphatic hydroxyl groups excluding tert-OH is 1. The van der Waals surface area contributed by atoms with Crippen LogP contribution in [0, 0.1) is 0 Å². The first-order valence-electron chi connectivity index (χ1n) is 5.52. The van der Waals surface area contributed by atoms with Crippen molar-refractivity contribution in [3.05, 3.63) is 23.8 Å². The largest absolute Gasteiger partial charge is 0.495 e. The van der Waals surface area contributed by atoms with E-state index < -0.39 is 40.0 Å². The van der Waals surface area contributed by atoms with E-state index in [0.29, 0.717) is 0 Å². The molecular weight excluding hydrogens is 312 g/mol. The molecule has 0 aromatic heterocycles. The monoisotopic (exact) mass is 325 g/mol. The number of carboxylic acid groups (broad SMARTS) is 1. The van der Waals surface area contributed by atoms with Crippen molar-refractivity contribution in [2.45, 2.75) is 10.8 Å². The van der Waals surface area contributed by atoms with Gasteiger partial charge >= 0.3 is 5.97 Å². The summed E-state index contributed by atoms with van der Waals surface area (Å²) in [6.45, 7) is -2.81. The number of carboxylic acids is 1. The zero-order valence-electron chi connectivity index (χ0n) is 10.8. The molecule has 0 unspecified atom stereocenters. The predicted octanol–water partition coefficient (Wildman–Crippen LogP) is 0.299. The van der Waals surface area contributed by atoms with Crippen LogP contribution >= 0.6 is 0 Å². The van der Waals surface area contributed by atoms with E-state index in [1.807, 2.05) is 0 Å². The van der Waals surface area contributed by atoms with E-state index >= 15 is 0 Å². The average Bonchev–Trinajstić information content (AvgIpc) is 2.44. The third-order valence-corrected chi connectivity index (χ3v) is 3.89. The number of benzene rings is 1. The van der Waals surface area contributed by atoms with Crippen molar-refractivity contribution < 1.29 is 36.9 Å². The van der Waals surface area contributed by atoms with Gasteiger partial charge in [-0.3, -0.25) is 0 Å². The lowest BCUT2D eigenvalue weighted by atomic mass is 10.2. The highest BCUT2D eigenvalue weighted by atomic mass is 32.2. The second-order valence-corrected chi connectivity index (χ2v) is 5.74. The molecule has 0 radical (unpaired) electrons. The van der Waals surface area contributed by atoms with Crippen LogP contribution in [-0.4, -0.2) is 50.8 Å². The summed E-state index contributed by atoms with van der Waals surface area (Å²) in [5.74, 6) is -5.20. The number of sulfonamides is 1. The maximum absolute atomic E-state index is 12.9. The van der Waals surface area contributed by atoms with Crippen LogP contribution in [0.25, 0.3) is 0 Å². The lowest BCUT2D eigenvalue weighted by molar-refractivity contribution is -0.0437. The first kappa shape index (κ1) is 17.3. The SMILES string of the molecule is COc1cc(C(=O)O)ccc1S(=O)(=O)NCC(F)(F)CO. The molecule has 0 aliphatic rings. The van der Waals surface area contributed by atoms with Crippen molar-refractivity contribution >= 4 is 16.0 Å². The summed E-state index contributed by atoms with van der Waals surface area (Å²) in [5, 5.41) is 17.2. The highest BCUT2D eigenvalue weighted by Crippen LogP contribution is 2.25. The molecule has 118 valence electrons. The van der Waals surface area contributed by atoms with E-state index in [2.05, 4.69) is 0 Å². The molecule has 1 rings (SSSR count). The van der Waals surface area contributed by atoms with Crippen molar-refractivity contribution in [2.24, 2.45) is 0 Å². The third kappa shape index (κ3) is 4.34. The summed E-state index contributed by atoms with van der Waals surface area (Å²) in [5.41, 5.74) is -0.216. The standard InChI is InChI=1S/C11H13F2NO6S/c1-20-8-4-7(10(16)17)2-3-9(8)21(18,19)14-5-11(12,13)6-15/h2-4,14-15H,5-6H2,1H3,(H,16,17). The lowest BCUT2D eigenvalue weighted by Gasteiger charge is -2.15.